The molecule has 37 heavy (non-hydrogen) atoms. The van der Waals surface area contributed by atoms with Gasteiger partial charge in [-0.3, -0.25) is 0 Å². The molecule has 0 saturated heterocycles. The molecule has 1 aliphatic rings. The Morgan fingerprint density at radius 2 is 1.38 bits per heavy atom. The van der Waals surface area contributed by atoms with Gasteiger partial charge in [-0.25, -0.2) is 11.3 Å². The Bertz CT molecular complexity index is 1100. The van der Waals surface area contributed by atoms with E-state index in [1.54, 1.807) is 29.4 Å². The molecule has 3 aromatic carbocycles. The van der Waals surface area contributed by atoms with Crippen molar-refractivity contribution in [2.45, 2.75) is 99.2 Å². The maximum absolute atomic E-state index is 3.53. The fourth-order valence-corrected chi connectivity index (χ4v) is 5.26. The molecule has 0 nitrogen and oxygen atoms in total. The number of aryl methyl sites for hydroxylation is 1. The maximum Gasteiger partial charge on any atom is 0.00393 e. The van der Waals surface area contributed by atoms with Gasteiger partial charge in [0.1, 0.15) is 0 Å². The molecule has 0 radical (unpaired) electrons. The number of benzene rings is 2. The van der Waals surface area contributed by atoms with Gasteiger partial charge in [0.05, 0.1) is 0 Å². The third-order valence-corrected chi connectivity index (χ3v) is 8.34. The topological polar surface area (TPSA) is 0 Å². The van der Waals surface area contributed by atoms with Crippen LogP contribution in [0.3, 0.4) is 0 Å². The molecule has 0 atom stereocenters. The molecule has 0 aliphatic heterocycles. The molecule has 0 aromatic heterocycles. The van der Waals surface area contributed by atoms with Crippen LogP contribution >= 0.6 is 0 Å². The van der Waals surface area contributed by atoms with Gasteiger partial charge in [0, 0.05) is 8.07 Å². The maximum atomic E-state index is 3.53. The molecule has 0 heterocycles. The van der Waals surface area contributed by atoms with Gasteiger partial charge in [-0.2, -0.15) is 47.0 Å². The van der Waals surface area contributed by atoms with E-state index in [1.165, 1.54) is 42.2 Å². The predicted molar refractivity (Wildman–Crippen MR) is 157 cm³/mol. The van der Waals surface area contributed by atoms with Crippen molar-refractivity contribution in [2.75, 3.05) is 0 Å². The molecule has 0 amide bonds. The second-order valence-corrected chi connectivity index (χ2v) is 20.8. The van der Waals surface area contributed by atoms with E-state index in [0.29, 0.717) is 0 Å². The van der Waals surface area contributed by atoms with E-state index >= 15 is 0 Å². The predicted octanol–water partition coefficient (Wildman–Crippen LogP) is 2.67. The van der Waals surface area contributed by atoms with Crippen LogP contribution in [0.5, 0.6) is 0 Å². The Morgan fingerprint density at radius 3 is 1.78 bits per heavy atom. The molecular weight excluding hydrogens is 587 g/mol. The minimum Gasteiger partial charge on any atom is -1.00 e. The summed E-state index contributed by atoms with van der Waals surface area (Å²) < 4.78 is 1.51. The zero-order valence-electron chi connectivity index (χ0n) is 25.1. The van der Waals surface area contributed by atoms with E-state index in [2.05, 4.69) is 137 Å². The van der Waals surface area contributed by atoms with Crippen molar-refractivity contribution in [1.29, 1.82) is 0 Å². The van der Waals surface area contributed by atoms with Gasteiger partial charge >= 0.3 is 41.3 Å². The monoisotopic (exact) mass is 630 g/mol. The van der Waals surface area contributed by atoms with Crippen LogP contribution in [0, 0.1) is 13.0 Å². The average Bonchev–Trinajstić information content (AvgIpc) is 3.29. The first-order valence-corrected chi connectivity index (χ1v) is 17.6. The van der Waals surface area contributed by atoms with Crippen LogP contribution in [0.4, 0.5) is 0 Å². The van der Waals surface area contributed by atoms with E-state index < -0.39 is 8.07 Å². The Labute approximate surface area is 256 Å². The Hall–Kier alpha value is -0.660. The van der Waals surface area contributed by atoms with Crippen molar-refractivity contribution in [2.24, 2.45) is 0 Å². The van der Waals surface area contributed by atoms with Crippen LogP contribution in [0.1, 0.15) is 83.2 Å². The third kappa shape index (κ3) is 10.8. The summed E-state index contributed by atoms with van der Waals surface area (Å²) in [6.07, 6.45) is 1.03. The van der Waals surface area contributed by atoms with Crippen molar-refractivity contribution >= 4 is 16.5 Å². The van der Waals surface area contributed by atoms with Crippen molar-refractivity contribution in [3.63, 3.8) is 0 Å². The Balaban J connectivity index is 0.000000684. The van der Waals surface area contributed by atoms with Crippen molar-refractivity contribution in [3.8, 4) is 11.1 Å². The summed E-state index contributed by atoms with van der Waals surface area (Å²) in [6.45, 7) is 27.2. The van der Waals surface area contributed by atoms with Gasteiger partial charge in [-0.1, -0.05) is 103 Å². The zero-order valence-corrected chi connectivity index (χ0v) is 30.1. The van der Waals surface area contributed by atoms with Crippen LogP contribution in [-0.4, -0.2) is 11.3 Å². The minimum absolute atomic E-state index is 0. The number of hydrogen-bond acceptors (Lipinski definition) is 0. The number of hydrogen-bond donors (Lipinski definition) is 0. The van der Waals surface area contributed by atoms with Crippen molar-refractivity contribution < 1.29 is 49.0 Å². The van der Waals surface area contributed by atoms with E-state index in [-0.39, 0.29) is 35.6 Å². The van der Waals surface area contributed by atoms with Gasteiger partial charge < -0.3 is 24.8 Å². The molecule has 4 rings (SSSR count). The number of fused-ring (bicyclic) bond motifs is 3. The third-order valence-electron chi connectivity index (χ3n) is 6.30. The van der Waals surface area contributed by atoms with E-state index in [1.807, 2.05) is 0 Å². The van der Waals surface area contributed by atoms with Crippen molar-refractivity contribution in [3.05, 3.63) is 82.4 Å². The van der Waals surface area contributed by atoms with E-state index in [9.17, 15) is 0 Å². The quantitative estimate of drug-likeness (QED) is 0.224. The van der Waals surface area contributed by atoms with Gasteiger partial charge in [-0.15, -0.1) is 5.56 Å². The van der Waals surface area contributed by atoms with Crippen LogP contribution in [-0.2, 0) is 41.5 Å². The van der Waals surface area contributed by atoms with Crippen LogP contribution in [0.2, 0.25) is 19.6 Å². The summed E-state index contributed by atoms with van der Waals surface area (Å²) in [7, 11) is -1.01. The summed E-state index contributed by atoms with van der Waals surface area (Å²) in [6, 6.07) is 21.8. The average molecular weight is 633 g/mol. The first-order valence-electron chi connectivity index (χ1n) is 12.8. The molecule has 3 aromatic rings. The number of halogens is 2. The number of rotatable bonds is 1. The fraction of sp³-hybridized carbons (Fsp3) is 0.455. The fourth-order valence-electron chi connectivity index (χ4n) is 4.01. The summed E-state index contributed by atoms with van der Waals surface area (Å²) in [5.41, 5.74) is 10.2. The second-order valence-electron chi connectivity index (χ2n) is 13.3. The molecular formula is C33H46Cl2SiZr-2. The SMILES string of the molecule is CC(C)(C)c1c[c-]c2c(c1)-c1cc(C(C)(C)C)ccc1C2.C[C](C)=[Zr+2].Cc1cc([Si](C)(C)C)c[cH-]1.[Cl-].[Cl-]. The molecule has 202 valence electrons. The zero-order chi connectivity index (χ0) is 26.8. The Kier molecular flexibility index (Phi) is 13.9. The molecule has 4 heteroatoms. The summed E-state index contributed by atoms with van der Waals surface area (Å²) in [4.78, 5) is 0. The summed E-state index contributed by atoms with van der Waals surface area (Å²) >= 11 is 1.55. The second kappa shape index (κ2) is 14.1. The smallest absolute Gasteiger partial charge is 0.00393 e. The van der Waals surface area contributed by atoms with Gasteiger partial charge in [-0.05, 0) is 17.4 Å². The summed E-state index contributed by atoms with van der Waals surface area (Å²) in [5, 5.41) is 1.57. The van der Waals surface area contributed by atoms with Gasteiger partial charge in [0.15, 0.2) is 0 Å². The largest absolute Gasteiger partial charge is 1.00 e. The first-order chi connectivity index (χ1) is 15.9. The Morgan fingerprint density at radius 1 is 0.865 bits per heavy atom. The molecule has 0 saturated carbocycles. The normalized spacial score (nSPS) is 11.9. The minimum atomic E-state index is -1.01. The van der Waals surface area contributed by atoms with Crippen LogP contribution in [0.15, 0.2) is 48.5 Å². The van der Waals surface area contributed by atoms with Crippen LogP contribution in [0.25, 0.3) is 11.1 Å². The molecule has 0 N–H and O–H groups in total. The van der Waals surface area contributed by atoms with Gasteiger partial charge in [0.25, 0.3) is 0 Å². The summed E-state index contributed by atoms with van der Waals surface area (Å²) in [5.74, 6) is 0. The van der Waals surface area contributed by atoms with Crippen molar-refractivity contribution in [1.82, 2.24) is 0 Å². The molecule has 0 unspecified atom stereocenters. The molecule has 0 fully saturated rings. The molecule has 0 bridgehead atoms. The molecule has 1 aliphatic carbocycles. The van der Waals surface area contributed by atoms with E-state index in [0.717, 1.165) is 6.42 Å². The first kappa shape index (κ1) is 36.3. The van der Waals surface area contributed by atoms with E-state index in [4.69, 9.17) is 0 Å². The van der Waals surface area contributed by atoms with Gasteiger partial charge in [0.2, 0.25) is 0 Å². The van der Waals surface area contributed by atoms with Crippen LogP contribution < -0.4 is 30.0 Å². The molecule has 0 spiro atoms. The standard InChI is InChI=1S/C21H25.C9H15Si.C3H6.2ClH.Zr/c1-20(2,3)16-9-7-14-11-15-8-10-17(21(4,5)6)13-19(15)18(14)12-16;1-8-5-6-9(7-8)10(2,3)4;1-3-2;;;/h7,9-10,12-13H,11H2,1-6H3;5-7H,1-4H3;1-2H3;2*1H;/q2*-1;;;;+2/p-2.